The quantitative estimate of drug-likeness (QED) is 0.817. The van der Waals surface area contributed by atoms with Gasteiger partial charge in [0.2, 0.25) is 0 Å². The fraction of sp³-hybridized carbons (Fsp3) is 0.500. The maximum Gasteiger partial charge on any atom is 0.416 e. The molecular formula is C12H14ClF4NO. The van der Waals surface area contributed by atoms with Crippen LogP contribution in [0.1, 0.15) is 36.4 Å². The monoisotopic (exact) mass is 299 g/mol. The molecule has 1 aromatic rings. The first-order chi connectivity index (χ1) is 8.32. The summed E-state index contributed by atoms with van der Waals surface area (Å²) in [6.07, 6.45) is -2.35. The second kappa shape index (κ2) is 5.54. The van der Waals surface area contributed by atoms with Crippen LogP contribution >= 0.6 is 12.4 Å². The summed E-state index contributed by atoms with van der Waals surface area (Å²) in [7, 11) is 0. The van der Waals surface area contributed by atoms with E-state index in [9.17, 15) is 22.7 Å². The molecule has 2 nitrogen and oxygen atoms in total. The molecule has 2 rings (SSSR count). The Balaban J connectivity index is 0.00000180. The molecule has 1 fully saturated rings. The Hall–Kier alpha value is -1.01. The van der Waals surface area contributed by atoms with Crippen LogP contribution in [0.3, 0.4) is 0 Å². The Labute approximate surface area is 114 Å². The second-order valence-corrected chi connectivity index (χ2v) is 4.57. The summed E-state index contributed by atoms with van der Waals surface area (Å²) >= 11 is 0. The Morgan fingerprint density at radius 2 is 1.84 bits per heavy atom. The van der Waals surface area contributed by atoms with E-state index in [1.165, 1.54) is 0 Å². The smallest absolute Gasteiger partial charge is 0.416 e. The zero-order valence-electron chi connectivity index (χ0n) is 9.88. The average molecular weight is 300 g/mol. The molecule has 1 aliphatic rings. The topological polar surface area (TPSA) is 46.2 Å². The van der Waals surface area contributed by atoms with E-state index in [1.54, 1.807) is 0 Å². The Kier molecular flexibility index (Phi) is 4.68. The molecule has 0 spiro atoms. The van der Waals surface area contributed by atoms with Crippen LogP contribution < -0.4 is 5.73 Å². The normalized spacial score (nSPS) is 17.5. The molecule has 108 valence electrons. The predicted molar refractivity (Wildman–Crippen MR) is 64.6 cm³/mol. The molecule has 0 aliphatic heterocycles. The molecule has 1 aromatic carbocycles. The summed E-state index contributed by atoms with van der Waals surface area (Å²) in [5.41, 5.74) is 4.16. The van der Waals surface area contributed by atoms with Crippen molar-refractivity contribution in [2.45, 2.75) is 31.5 Å². The summed E-state index contributed by atoms with van der Waals surface area (Å²) in [5.74, 6) is -2.18. The first kappa shape index (κ1) is 16.0. The van der Waals surface area contributed by atoms with Crippen molar-refractivity contribution < 1.29 is 22.7 Å². The first-order valence-corrected chi connectivity index (χ1v) is 5.66. The molecule has 1 saturated carbocycles. The van der Waals surface area contributed by atoms with Gasteiger partial charge in [0.15, 0.2) is 11.6 Å². The molecule has 1 atom stereocenters. The van der Waals surface area contributed by atoms with Crippen molar-refractivity contribution in [2.24, 2.45) is 11.7 Å². The van der Waals surface area contributed by atoms with Gasteiger partial charge >= 0.3 is 6.18 Å². The van der Waals surface area contributed by atoms with Gasteiger partial charge in [0.25, 0.3) is 0 Å². The number of phenols is 1. The van der Waals surface area contributed by atoms with Crippen LogP contribution in [0.15, 0.2) is 12.1 Å². The molecule has 0 amide bonds. The van der Waals surface area contributed by atoms with Gasteiger partial charge < -0.3 is 10.8 Å². The fourth-order valence-corrected chi connectivity index (χ4v) is 2.20. The molecule has 0 heterocycles. The third kappa shape index (κ3) is 2.95. The predicted octanol–water partition coefficient (Wildman–Crippen LogP) is 3.77. The molecule has 0 radical (unpaired) electrons. The van der Waals surface area contributed by atoms with Crippen molar-refractivity contribution in [2.75, 3.05) is 0 Å². The van der Waals surface area contributed by atoms with E-state index < -0.39 is 34.9 Å². The SMILES string of the molecule is Cl.N[C@@H](c1c(C(F)(F)F)ccc(F)c1O)C1CCC1. The van der Waals surface area contributed by atoms with Gasteiger partial charge in [-0.25, -0.2) is 4.39 Å². The van der Waals surface area contributed by atoms with Gasteiger partial charge in [0.1, 0.15) is 0 Å². The zero-order chi connectivity index (χ0) is 13.5. The molecular weight excluding hydrogens is 286 g/mol. The summed E-state index contributed by atoms with van der Waals surface area (Å²) < 4.78 is 51.7. The van der Waals surface area contributed by atoms with Crippen molar-refractivity contribution in [3.63, 3.8) is 0 Å². The van der Waals surface area contributed by atoms with Gasteiger partial charge in [-0.1, -0.05) is 6.42 Å². The van der Waals surface area contributed by atoms with E-state index in [0.29, 0.717) is 25.0 Å². The van der Waals surface area contributed by atoms with E-state index in [-0.39, 0.29) is 18.3 Å². The number of rotatable bonds is 2. The summed E-state index contributed by atoms with van der Waals surface area (Å²) in [6, 6.07) is 0.254. The Morgan fingerprint density at radius 1 is 1.26 bits per heavy atom. The van der Waals surface area contributed by atoms with Crippen molar-refractivity contribution in [3.8, 4) is 5.75 Å². The lowest BCUT2D eigenvalue weighted by Gasteiger charge is -2.33. The summed E-state index contributed by atoms with van der Waals surface area (Å²) in [5, 5.41) is 9.53. The third-order valence-corrected chi connectivity index (χ3v) is 3.46. The lowest BCUT2D eigenvalue weighted by Crippen LogP contribution is -2.29. The molecule has 0 unspecified atom stereocenters. The molecule has 1 aliphatic carbocycles. The van der Waals surface area contributed by atoms with Gasteiger partial charge in [0.05, 0.1) is 5.56 Å². The van der Waals surface area contributed by atoms with Crippen LogP contribution in [-0.4, -0.2) is 5.11 Å². The van der Waals surface area contributed by atoms with Crippen LogP contribution in [0, 0.1) is 11.7 Å². The largest absolute Gasteiger partial charge is 0.505 e. The van der Waals surface area contributed by atoms with Gasteiger partial charge in [-0.05, 0) is 30.9 Å². The van der Waals surface area contributed by atoms with Crippen molar-refractivity contribution in [1.29, 1.82) is 0 Å². The van der Waals surface area contributed by atoms with Crippen LogP contribution in [-0.2, 0) is 6.18 Å². The van der Waals surface area contributed by atoms with E-state index in [1.807, 2.05) is 0 Å². The van der Waals surface area contributed by atoms with Crippen molar-refractivity contribution >= 4 is 12.4 Å². The molecule has 0 saturated heterocycles. The standard InChI is InChI=1S/C12H13F4NO.ClH/c13-8-5-4-7(12(14,15)16)9(11(8)18)10(17)6-2-1-3-6;/h4-6,10,18H,1-3,17H2;1H/t10-;/m1./s1. The van der Waals surface area contributed by atoms with E-state index in [2.05, 4.69) is 0 Å². The summed E-state index contributed by atoms with van der Waals surface area (Å²) in [6.45, 7) is 0. The maximum atomic E-state index is 13.2. The second-order valence-electron chi connectivity index (χ2n) is 4.57. The molecule has 7 heteroatoms. The Morgan fingerprint density at radius 3 is 2.26 bits per heavy atom. The highest BCUT2D eigenvalue weighted by molar-refractivity contribution is 5.85. The van der Waals surface area contributed by atoms with E-state index >= 15 is 0 Å². The number of halogens is 5. The average Bonchev–Trinajstić information content (AvgIpc) is 2.17. The van der Waals surface area contributed by atoms with Crippen LogP contribution in [0.5, 0.6) is 5.75 Å². The maximum absolute atomic E-state index is 13.2. The lowest BCUT2D eigenvalue weighted by molar-refractivity contribution is -0.138. The van der Waals surface area contributed by atoms with Gasteiger partial charge in [-0.2, -0.15) is 13.2 Å². The minimum atomic E-state index is -4.65. The Bertz CT molecular complexity index is 460. The highest BCUT2D eigenvalue weighted by Crippen LogP contribution is 2.45. The highest BCUT2D eigenvalue weighted by Gasteiger charge is 2.39. The number of phenolic OH excluding ortho intramolecular Hbond substituents is 1. The number of aromatic hydroxyl groups is 1. The summed E-state index contributed by atoms with van der Waals surface area (Å²) in [4.78, 5) is 0. The van der Waals surface area contributed by atoms with Crippen molar-refractivity contribution in [1.82, 2.24) is 0 Å². The highest BCUT2D eigenvalue weighted by atomic mass is 35.5. The minimum absolute atomic E-state index is 0. The molecule has 0 bridgehead atoms. The van der Waals surface area contributed by atoms with Crippen LogP contribution in [0.25, 0.3) is 0 Å². The number of alkyl halides is 3. The fourth-order valence-electron chi connectivity index (χ4n) is 2.20. The van der Waals surface area contributed by atoms with E-state index in [4.69, 9.17) is 5.73 Å². The molecule has 19 heavy (non-hydrogen) atoms. The third-order valence-electron chi connectivity index (χ3n) is 3.46. The van der Waals surface area contributed by atoms with Crippen molar-refractivity contribution in [3.05, 3.63) is 29.1 Å². The van der Waals surface area contributed by atoms with Gasteiger partial charge in [-0.3, -0.25) is 0 Å². The molecule has 0 aromatic heterocycles. The lowest BCUT2D eigenvalue weighted by atomic mass is 9.76. The number of nitrogens with two attached hydrogens (primary N) is 1. The van der Waals surface area contributed by atoms with Crippen LogP contribution in [0.2, 0.25) is 0 Å². The number of hydrogen-bond acceptors (Lipinski definition) is 2. The first-order valence-electron chi connectivity index (χ1n) is 5.66. The molecule has 3 N–H and O–H groups in total. The van der Waals surface area contributed by atoms with E-state index in [0.717, 1.165) is 6.42 Å². The number of benzene rings is 1. The van der Waals surface area contributed by atoms with Gasteiger partial charge in [-0.15, -0.1) is 12.4 Å². The van der Waals surface area contributed by atoms with Crippen LogP contribution in [0.4, 0.5) is 17.6 Å². The van der Waals surface area contributed by atoms with Gasteiger partial charge in [0, 0.05) is 11.6 Å². The minimum Gasteiger partial charge on any atom is -0.505 e. The number of hydrogen-bond donors (Lipinski definition) is 2. The zero-order valence-corrected chi connectivity index (χ0v) is 10.7.